The normalized spacial score (nSPS) is 30.3. The van der Waals surface area contributed by atoms with Crippen molar-refractivity contribution in [1.29, 1.82) is 0 Å². The number of amidine groups is 1. The second-order valence-corrected chi connectivity index (χ2v) is 4.64. The maximum Gasteiger partial charge on any atom is 0.192 e. The zero-order valence-corrected chi connectivity index (χ0v) is 10.1. The first-order valence-corrected chi connectivity index (χ1v) is 5.97. The third kappa shape index (κ3) is 1.93. The van der Waals surface area contributed by atoms with Crippen LogP contribution in [0.4, 0.5) is 5.82 Å². The van der Waals surface area contributed by atoms with Gasteiger partial charge in [-0.3, -0.25) is 9.36 Å². The van der Waals surface area contributed by atoms with Crippen LogP contribution in [0.15, 0.2) is 11.3 Å². The Morgan fingerprint density at radius 1 is 1.58 bits per heavy atom. The number of ketones is 1. The van der Waals surface area contributed by atoms with Gasteiger partial charge in [0.05, 0.1) is 25.5 Å². The van der Waals surface area contributed by atoms with Crippen LogP contribution in [0.2, 0.25) is 0 Å². The fraction of sp³-hybridized carbons (Fsp3) is 0.545. The third-order valence-electron chi connectivity index (χ3n) is 3.32. The Kier molecular flexibility index (Phi) is 2.85. The van der Waals surface area contributed by atoms with Gasteiger partial charge < -0.3 is 20.7 Å². The summed E-state index contributed by atoms with van der Waals surface area (Å²) in [5, 5.41) is 18.8. The number of aliphatic hydroxyl groups is 2. The average molecular weight is 266 g/mol. The standard InChI is InChI=1S/C11H14N4O4/c12-8-1-6(18)10-11(14-8)15(4-13-10)9-2-5(17)7(3-16)19-9/h4-5,7,9,16-17H,1-3H2,(H2,12,14)/t5-,7+,9+/m0/s1. The summed E-state index contributed by atoms with van der Waals surface area (Å²) in [4.78, 5) is 19.9. The van der Waals surface area contributed by atoms with Gasteiger partial charge in [-0.05, 0) is 0 Å². The highest BCUT2D eigenvalue weighted by atomic mass is 16.5. The van der Waals surface area contributed by atoms with Gasteiger partial charge in [-0.25, -0.2) is 9.98 Å². The maximum absolute atomic E-state index is 11.7. The highest BCUT2D eigenvalue weighted by Crippen LogP contribution is 2.34. The van der Waals surface area contributed by atoms with Crippen LogP contribution in [0.5, 0.6) is 0 Å². The van der Waals surface area contributed by atoms with E-state index in [1.54, 1.807) is 4.57 Å². The molecule has 1 aromatic heterocycles. The molecule has 3 atom stereocenters. The van der Waals surface area contributed by atoms with E-state index in [1.165, 1.54) is 6.33 Å². The topological polar surface area (TPSA) is 123 Å². The van der Waals surface area contributed by atoms with Crippen molar-refractivity contribution in [2.45, 2.75) is 31.3 Å². The molecule has 0 aromatic carbocycles. The smallest absolute Gasteiger partial charge is 0.192 e. The second kappa shape index (κ2) is 4.41. The van der Waals surface area contributed by atoms with E-state index in [0.29, 0.717) is 12.2 Å². The van der Waals surface area contributed by atoms with Crippen LogP contribution in [0, 0.1) is 0 Å². The molecule has 19 heavy (non-hydrogen) atoms. The van der Waals surface area contributed by atoms with E-state index in [0.717, 1.165) is 0 Å². The summed E-state index contributed by atoms with van der Waals surface area (Å²) >= 11 is 0. The van der Waals surface area contributed by atoms with E-state index in [-0.39, 0.29) is 30.3 Å². The zero-order chi connectivity index (χ0) is 13.6. The molecule has 2 aliphatic heterocycles. The first-order chi connectivity index (χ1) is 9.10. The SMILES string of the molecule is NC1=Nc2c(ncn2[C@H]2C[C@H](O)[C@@H](CO)O2)C(=O)C1. The number of nitrogens with two attached hydrogens (primary N) is 1. The van der Waals surface area contributed by atoms with Crippen molar-refractivity contribution < 1.29 is 19.7 Å². The molecule has 2 aliphatic rings. The van der Waals surface area contributed by atoms with Gasteiger partial charge >= 0.3 is 0 Å². The van der Waals surface area contributed by atoms with Gasteiger partial charge in [-0.2, -0.15) is 0 Å². The summed E-state index contributed by atoms with van der Waals surface area (Å²) in [5.41, 5.74) is 5.87. The molecule has 4 N–H and O–H groups in total. The van der Waals surface area contributed by atoms with Gasteiger partial charge in [0, 0.05) is 6.42 Å². The van der Waals surface area contributed by atoms with E-state index < -0.39 is 18.4 Å². The molecule has 8 nitrogen and oxygen atoms in total. The number of hydrogen-bond donors (Lipinski definition) is 3. The Bertz CT molecular complexity index is 553. The molecule has 0 amide bonds. The molecule has 0 saturated carbocycles. The number of hydrogen-bond acceptors (Lipinski definition) is 7. The molecule has 0 bridgehead atoms. The van der Waals surface area contributed by atoms with Crippen molar-refractivity contribution >= 4 is 17.4 Å². The minimum absolute atomic E-state index is 0.0669. The first-order valence-electron chi connectivity index (χ1n) is 5.97. The number of aromatic nitrogens is 2. The number of imidazole rings is 1. The Morgan fingerprint density at radius 2 is 2.37 bits per heavy atom. The third-order valence-corrected chi connectivity index (χ3v) is 3.32. The van der Waals surface area contributed by atoms with Gasteiger partial charge in [-0.15, -0.1) is 0 Å². The molecular formula is C11H14N4O4. The minimum Gasteiger partial charge on any atom is -0.394 e. The van der Waals surface area contributed by atoms with Crippen LogP contribution in [-0.4, -0.2) is 50.2 Å². The van der Waals surface area contributed by atoms with E-state index >= 15 is 0 Å². The largest absolute Gasteiger partial charge is 0.394 e. The van der Waals surface area contributed by atoms with Crippen LogP contribution in [0.1, 0.15) is 29.6 Å². The zero-order valence-electron chi connectivity index (χ0n) is 10.1. The number of Topliss-reactive ketones (excluding diaryl/α,β-unsaturated/α-hetero) is 1. The molecule has 0 unspecified atom stereocenters. The quantitative estimate of drug-likeness (QED) is 0.637. The van der Waals surface area contributed by atoms with E-state index in [1.807, 2.05) is 0 Å². The minimum atomic E-state index is -0.756. The van der Waals surface area contributed by atoms with Crippen LogP contribution in [-0.2, 0) is 4.74 Å². The predicted molar refractivity (Wildman–Crippen MR) is 64.1 cm³/mol. The molecule has 0 aliphatic carbocycles. The lowest BCUT2D eigenvalue weighted by molar-refractivity contribution is -0.0438. The predicted octanol–water partition coefficient (Wildman–Crippen LogP) is -0.901. The maximum atomic E-state index is 11.7. The van der Waals surface area contributed by atoms with E-state index in [2.05, 4.69) is 9.98 Å². The number of aliphatic imine (C=N–C) groups is 1. The summed E-state index contributed by atoms with van der Waals surface area (Å²) in [7, 11) is 0. The number of carbonyl (C=O) groups excluding carboxylic acids is 1. The van der Waals surface area contributed by atoms with E-state index in [4.69, 9.17) is 15.6 Å². The Hall–Kier alpha value is -1.77. The van der Waals surface area contributed by atoms with Gasteiger partial charge in [0.1, 0.15) is 18.2 Å². The van der Waals surface area contributed by atoms with Gasteiger partial charge in [0.2, 0.25) is 0 Å². The molecule has 1 fully saturated rings. The van der Waals surface area contributed by atoms with Crippen molar-refractivity contribution in [3.8, 4) is 0 Å². The summed E-state index contributed by atoms with van der Waals surface area (Å²) in [6, 6.07) is 0. The lowest BCUT2D eigenvalue weighted by Crippen LogP contribution is -2.24. The number of rotatable bonds is 2. The lowest BCUT2D eigenvalue weighted by Gasteiger charge is -2.16. The molecule has 102 valence electrons. The van der Waals surface area contributed by atoms with Crippen LogP contribution in [0.3, 0.4) is 0 Å². The number of aliphatic hydroxyl groups excluding tert-OH is 2. The van der Waals surface area contributed by atoms with Gasteiger partial charge in [0.25, 0.3) is 0 Å². The van der Waals surface area contributed by atoms with Crippen molar-refractivity contribution in [1.82, 2.24) is 9.55 Å². The molecule has 3 rings (SSSR count). The molecule has 8 heteroatoms. The van der Waals surface area contributed by atoms with Gasteiger partial charge in [0.15, 0.2) is 17.3 Å². The number of carbonyl (C=O) groups is 1. The molecular weight excluding hydrogens is 252 g/mol. The summed E-state index contributed by atoms with van der Waals surface area (Å²) in [6.45, 7) is -0.265. The monoisotopic (exact) mass is 266 g/mol. The second-order valence-electron chi connectivity index (χ2n) is 4.64. The van der Waals surface area contributed by atoms with Crippen LogP contribution < -0.4 is 5.73 Å². The van der Waals surface area contributed by atoms with Crippen molar-refractivity contribution in [3.05, 3.63) is 12.0 Å². The Labute approximate surface area is 108 Å². The molecule has 1 saturated heterocycles. The fourth-order valence-electron chi connectivity index (χ4n) is 2.35. The summed E-state index contributed by atoms with van der Waals surface area (Å²) < 4.78 is 7.07. The average Bonchev–Trinajstić information content (AvgIpc) is 2.92. The van der Waals surface area contributed by atoms with E-state index in [9.17, 15) is 9.90 Å². The fourth-order valence-corrected chi connectivity index (χ4v) is 2.35. The number of ether oxygens (including phenoxy) is 1. The number of fused-ring (bicyclic) bond motifs is 1. The Morgan fingerprint density at radius 3 is 3.05 bits per heavy atom. The Balaban J connectivity index is 1.94. The van der Waals surface area contributed by atoms with Crippen molar-refractivity contribution in [2.24, 2.45) is 10.7 Å². The summed E-state index contributed by atoms with van der Waals surface area (Å²) in [6.07, 6.45) is -0.0835. The molecule has 0 radical (unpaired) electrons. The highest BCUT2D eigenvalue weighted by molar-refractivity contribution is 6.13. The summed E-state index contributed by atoms with van der Waals surface area (Å²) in [5.74, 6) is 0.402. The van der Waals surface area contributed by atoms with Crippen molar-refractivity contribution in [3.63, 3.8) is 0 Å². The van der Waals surface area contributed by atoms with Crippen molar-refractivity contribution in [2.75, 3.05) is 6.61 Å². The molecule has 3 heterocycles. The molecule has 0 spiro atoms. The van der Waals surface area contributed by atoms with Gasteiger partial charge in [-0.1, -0.05) is 0 Å². The first kappa shape index (κ1) is 12.3. The van der Waals surface area contributed by atoms with Crippen LogP contribution in [0.25, 0.3) is 0 Å². The highest BCUT2D eigenvalue weighted by Gasteiger charge is 2.36. The lowest BCUT2D eigenvalue weighted by atomic mass is 10.1. The molecule has 1 aromatic rings. The van der Waals surface area contributed by atoms with Crippen LogP contribution >= 0.6 is 0 Å². The number of nitrogens with zero attached hydrogens (tertiary/aromatic N) is 3.